The van der Waals surface area contributed by atoms with Crippen molar-refractivity contribution in [2.45, 2.75) is 13.8 Å². The summed E-state index contributed by atoms with van der Waals surface area (Å²) in [6, 6.07) is 13.7. The fourth-order valence-corrected chi connectivity index (χ4v) is 2.05. The van der Waals surface area contributed by atoms with Crippen molar-refractivity contribution in [3.8, 4) is 0 Å². The maximum Gasteiger partial charge on any atom is 0.193 e. The van der Waals surface area contributed by atoms with Crippen LogP contribution in [-0.4, -0.2) is 19.9 Å². The molecule has 19 heavy (non-hydrogen) atoms. The first kappa shape index (κ1) is 13.3. The number of carbonyl (C=O) groups excluding carboxylic acids is 1. The topological polar surface area (TPSA) is 20.3 Å². The van der Waals surface area contributed by atoms with E-state index in [1.165, 1.54) is 0 Å². The van der Waals surface area contributed by atoms with Gasteiger partial charge in [-0.25, -0.2) is 0 Å². The van der Waals surface area contributed by atoms with Crippen LogP contribution in [0.4, 0.5) is 5.69 Å². The second kappa shape index (κ2) is 5.27. The highest BCUT2D eigenvalue weighted by atomic mass is 16.1. The van der Waals surface area contributed by atoms with Gasteiger partial charge in [-0.15, -0.1) is 0 Å². The van der Waals surface area contributed by atoms with Crippen molar-refractivity contribution in [3.05, 3.63) is 64.7 Å². The van der Waals surface area contributed by atoms with Crippen molar-refractivity contribution < 1.29 is 4.79 Å². The van der Waals surface area contributed by atoms with Crippen molar-refractivity contribution >= 4 is 11.5 Å². The number of benzene rings is 2. The molecule has 0 aromatic heterocycles. The summed E-state index contributed by atoms with van der Waals surface area (Å²) >= 11 is 0. The van der Waals surface area contributed by atoms with E-state index in [9.17, 15) is 4.79 Å². The van der Waals surface area contributed by atoms with E-state index in [1.807, 2.05) is 75.3 Å². The molecule has 0 saturated heterocycles. The average Bonchev–Trinajstić information content (AvgIpc) is 2.41. The maximum absolute atomic E-state index is 12.5. The third-order valence-electron chi connectivity index (χ3n) is 3.28. The molecular weight excluding hydrogens is 234 g/mol. The zero-order chi connectivity index (χ0) is 14.0. The molecule has 0 atom stereocenters. The lowest BCUT2D eigenvalue weighted by molar-refractivity contribution is 0.103. The molecule has 2 nitrogen and oxygen atoms in total. The standard InChI is InChI=1S/C17H19NO/c1-12-5-6-13(2)16(11-12)17(19)14-7-9-15(10-8-14)18(3)4/h5-11H,1-4H3. The van der Waals surface area contributed by atoms with E-state index >= 15 is 0 Å². The number of ketones is 1. The average molecular weight is 253 g/mol. The van der Waals surface area contributed by atoms with E-state index in [0.29, 0.717) is 0 Å². The molecule has 0 N–H and O–H groups in total. The molecule has 0 spiro atoms. The van der Waals surface area contributed by atoms with Gasteiger partial charge in [0.15, 0.2) is 5.78 Å². The van der Waals surface area contributed by atoms with Gasteiger partial charge in [-0.3, -0.25) is 4.79 Å². The maximum atomic E-state index is 12.5. The quantitative estimate of drug-likeness (QED) is 0.779. The van der Waals surface area contributed by atoms with Crippen LogP contribution in [-0.2, 0) is 0 Å². The molecule has 0 radical (unpaired) electrons. The highest BCUT2D eigenvalue weighted by molar-refractivity contribution is 6.10. The van der Waals surface area contributed by atoms with E-state index in [0.717, 1.165) is 27.9 Å². The Balaban J connectivity index is 2.36. The zero-order valence-electron chi connectivity index (χ0n) is 11.9. The summed E-state index contributed by atoms with van der Waals surface area (Å²) in [5.41, 5.74) is 4.75. The molecule has 0 aliphatic carbocycles. The van der Waals surface area contributed by atoms with E-state index < -0.39 is 0 Å². The number of rotatable bonds is 3. The summed E-state index contributed by atoms with van der Waals surface area (Å²) in [5, 5.41) is 0. The summed E-state index contributed by atoms with van der Waals surface area (Å²) in [7, 11) is 3.98. The van der Waals surface area contributed by atoms with Gasteiger partial charge in [0.25, 0.3) is 0 Å². The number of aryl methyl sites for hydroxylation is 2. The van der Waals surface area contributed by atoms with Crippen molar-refractivity contribution in [1.82, 2.24) is 0 Å². The molecule has 2 aromatic rings. The molecule has 0 aliphatic rings. The SMILES string of the molecule is Cc1ccc(C)c(C(=O)c2ccc(N(C)C)cc2)c1. The largest absolute Gasteiger partial charge is 0.378 e. The van der Waals surface area contributed by atoms with E-state index in [-0.39, 0.29) is 5.78 Å². The highest BCUT2D eigenvalue weighted by Crippen LogP contribution is 2.18. The van der Waals surface area contributed by atoms with Crippen LogP contribution in [0.3, 0.4) is 0 Å². The third-order valence-corrected chi connectivity index (χ3v) is 3.28. The Morgan fingerprint density at radius 3 is 2.16 bits per heavy atom. The lowest BCUT2D eigenvalue weighted by atomic mass is 9.97. The molecule has 0 saturated carbocycles. The molecule has 2 aromatic carbocycles. The van der Waals surface area contributed by atoms with Crippen molar-refractivity contribution in [2.24, 2.45) is 0 Å². The first-order valence-corrected chi connectivity index (χ1v) is 6.38. The summed E-state index contributed by atoms with van der Waals surface area (Å²) in [5.74, 6) is 0.0894. The van der Waals surface area contributed by atoms with Crippen molar-refractivity contribution in [1.29, 1.82) is 0 Å². The van der Waals surface area contributed by atoms with Crippen LogP contribution in [0.1, 0.15) is 27.0 Å². The van der Waals surface area contributed by atoms with Crippen LogP contribution in [0.2, 0.25) is 0 Å². The van der Waals surface area contributed by atoms with Crippen LogP contribution in [0.5, 0.6) is 0 Å². The molecule has 0 aliphatic heterocycles. The lowest BCUT2D eigenvalue weighted by Crippen LogP contribution is -2.09. The molecule has 98 valence electrons. The molecular formula is C17H19NO. The van der Waals surface area contributed by atoms with Crippen molar-refractivity contribution in [3.63, 3.8) is 0 Å². The number of hydrogen-bond acceptors (Lipinski definition) is 2. The number of carbonyl (C=O) groups is 1. The predicted octanol–water partition coefficient (Wildman–Crippen LogP) is 3.60. The fraction of sp³-hybridized carbons (Fsp3) is 0.235. The Morgan fingerprint density at radius 2 is 1.58 bits per heavy atom. The first-order chi connectivity index (χ1) is 8.99. The monoisotopic (exact) mass is 253 g/mol. The molecule has 0 bridgehead atoms. The molecule has 2 rings (SSSR count). The van der Waals surface area contributed by atoms with Crippen LogP contribution in [0.25, 0.3) is 0 Å². The van der Waals surface area contributed by atoms with Gasteiger partial charge in [-0.05, 0) is 49.7 Å². The lowest BCUT2D eigenvalue weighted by Gasteiger charge is -2.13. The second-order valence-electron chi connectivity index (χ2n) is 5.09. The Kier molecular flexibility index (Phi) is 3.70. The minimum Gasteiger partial charge on any atom is -0.378 e. The summed E-state index contributed by atoms with van der Waals surface area (Å²) < 4.78 is 0. The number of hydrogen-bond donors (Lipinski definition) is 0. The van der Waals surface area contributed by atoms with Gasteiger partial charge in [-0.1, -0.05) is 17.7 Å². The molecule has 2 heteroatoms. The van der Waals surface area contributed by atoms with E-state index in [1.54, 1.807) is 0 Å². The second-order valence-corrected chi connectivity index (χ2v) is 5.09. The van der Waals surface area contributed by atoms with Gasteiger partial charge in [0.2, 0.25) is 0 Å². The Labute approximate surface area is 114 Å². The van der Waals surface area contributed by atoms with E-state index in [4.69, 9.17) is 0 Å². The Morgan fingerprint density at radius 1 is 0.947 bits per heavy atom. The van der Waals surface area contributed by atoms with Gasteiger partial charge in [0.1, 0.15) is 0 Å². The summed E-state index contributed by atoms with van der Waals surface area (Å²) in [6.07, 6.45) is 0. The molecule has 0 amide bonds. The van der Waals surface area contributed by atoms with Gasteiger partial charge < -0.3 is 4.90 Å². The molecule has 0 unspecified atom stereocenters. The van der Waals surface area contributed by atoms with Crippen LogP contribution >= 0.6 is 0 Å². The van der Waals surface area contributed by atoms with Crippen LogP contribution < -0.4 is 4.90 Å². The minimum atomic E-state index is 0.0894. The Hall–Kier alpha value is -2.09. The fourth-order valence-electron chi connectivity index (χ4n) is 2.05. The van der Waals surface area contributed by atoms with E-state index in [2.05, 4.69) is 0 Å². The normalized spacial score (nSPS) is 10.3. The predicted molar refractivity (Wildman–Crippen MR) is 80.1 cm³/mol. The summed E-state index contributed by atoms with van der Waals surface area (Å²) in [4.78, 5) is 14.5. The molecule has 0 heterocycles. The minimum absolute atomic E-state index is 0.0894. The number of anilines is 1. The Bertz CT molecular complexity index is 597. The highest BCUT2D eigenvalue weighted by Gasteiger charge is 2.12. The van der Waals surface area contributed by atoms with Gasteiger partial charge in [-0.2, -0.15) is 0 Å². The van der Waals surface area contributed by atoms with Gasteiger partial charge >= 0.3 is 0 Å². The van der Waals surface area contributed by atoms with Gasteiger partial charge in [0.05, 0.1) is 0 Å². The molecule has 0 fully saturated rings. The smallest absolute Gasteiger partial charge is 0.193 e. The van der Waals surface area contributed by atoms with Gasteiger partial charge in [0, 0.05) is 30.9 Å². The van der Waals surface area contributed by atoms with Crippen LogP contribution in [0.15, 0.2) is 42.5 Å². The summed E-state index contributed by atoms with van der Waals surface area (Å²) in [6.45, 7) is 3.98. The van der Waals surface area contributed by atoms with Crippen LogP contribution in [0, 0.1) is 13.8 Å². The van der Waals surface area contributed by atoms with Crippen molar-refractivity contribution in [2.75, 3.05) is 19.0 Å². The number of nitrogens with zero attached hydrogens (tertiary/aromatic N) is 1. The first-order valence-electron chi connectivity index (χ1n) is 6.38. The zero-order valence-corrected chi connectivity index (χ0v) is 11.9. The third kappa shape index (κ3) is 2.84.